The fourth-order valence-corrected chi connectivity index (χ4v) is 2.46. The van der Waals surface area contributed by atoms with Gasteiger partial charge >= 0.3 is 5.97 Å². The number of benzene rings is 1. The van der Waals surface area contributed by atoms with Gasteiger partial charge < -0.3 is 4.74 Å². The molecule has 6 heteroatoms. The largest absolute Gasteiger partial charge is 0.456 e. The van der Waals surface area contributed by atoms with Gasteiger partial charge in [0, 0.05) is 17.8 Å². The molecule has 2 heterocycles. The minimum atomic E-state index is -0.541. The quantitative estimate of drug-likeness (QED) is 0.536. The van der Waals surface area contributed by atoms with E-state index in [2.05, 4.69) is 4.98 Å². The Hall–Kier alpha value is -3.72. The van der Waals surface area contributed by atoms with Crippen LogP contribution in [0, 0.1) is 18.3 Å². The first-order chi connectivity index (χ1) is 12.6. The van der Waals surface area contributed by atoms with Crippen LogP contribution in [0.2, 0.25) is 0 Å². The number of carbonyl (C=O) groups is 1. The maximum Gasteiger partial charge on any atom is 0.331 e. The first kappa shape index (κ1) is 17.1. The van der Waals surface area contributed by atoms with Crippen molar-refractivity contribution >= 4 is 17.7 Å². The normalized spacial score (nSPS) is 10.8. The molecule has 3 aromatic rings. The highest BCUT2D eigenvalue weighted by atomic mass is 16.5. The van der Waals surface area contributed by atoms with Crippen molar-refractivity contribution in [1.29, 1.82) is 5.26 Å². The van der Waals surface area contributed by atoms with Crippen LogP contribution in [0.5, 0.6) is 0 Å². The average Bonchev–Trinajstić information content (AvgIpc) is 2.65. The predicted molar refractivity (Wildman–Crippen MR) is 96.2 cm³/mol. The van der Waals surface area contributed by atoms with E-state index in [1.165, 1.54) is 16.5 Å². The summed E-state index contributed by atoms with van der Waals surface area (Å²) in [6.45, 7) is 1.74. The Bertz CT molecular complexity index is 1090. The van der Waals surface area contributed by atoms with E-state index in [0.29, 0.717) is 16.9 Å². The Morgan fingerprint density at radius 1 is 1.27 bits per heavy atom. The summed E-state index contributed by atoms with van der Waals surface area (Å²) in [5, 5.41) is 8.75. The van der Waals surface area contributed by atoms with Crippen LogP contribution >= 0.6 is 0 Å². The summed E-state index contributed by atoms with van der Waals surface area (Å²) in [6, 6.07) is 15.5. The lowest BCUT2D eigenvalue weighted by molar-refractivity contribution is -0.139. The van der Waals surface area contributed by atoms with Crippen molar-refractivity contribution in [2.45, 2.75) is 13.5 Å². The van der Waals surface area contributed by atoms with Gasteiger partial charge in [-0.25, -0.2) is 9.78 Å². The molecule has 0 atom stereocenters. The lowest BCUT2D eigenvalue weighted by atomic mass is 10.1. The van der Waals surface area contributed by atoms with E-state index in [1.54, 1.807) is 36.4 Å². The van der Waals surface area contributed by atoms with Crippen molar-refractivity contribution < 1.29 is 9.53 Å². The van der Waals surface area contributed by atoms with Gasteiger partial charge in [-0.3, -0.25) is 9.20 Å². The Labute approximate surface area is 149 Å². The highest BCUT2D eigenvalue weighted by molar-refractivity contribution is 5.87. The number of nitriles is 1. The van der Waals surface area contributed by atoms with Crippen molar-refractivity contribution in [3.63, 3.8) is 0 Å². The molecule has 0 unspecified atom stereocenters. The molecule has 26 heavy (non-hydrogen) atoms. The van der Waals surface area contributed by atoms with Gasteiger partial charge in [-0.2, -0.15) is 5.26 Å². The zero-order valence-corrected chi connectivity index (χ0v) is 14.0. The van der Waals surface area contributed by atoms with Crippen molar-refractivity contribution in [2.24, 2.45) is 0 Å². The number of esters is 1. The molecule has 128 valence electrons. The topological polar surface area (TPSA) is 84.5 Å². The third-order valence-corrected chi connectivity index (χ3v) is 3.75. The van der Waals surface area contributed by atoms with Gasteiger partial charge in [0.15, 0.2) is 0 Å². The number of hydrogen-bond donors (Lipinski definition) is 0. The second-order valence-corrected chi connectivity index (χ2v) is 5.62. The molecule has 0 radical (unpaired) electrons. The lowest BCUT2D eigenvalue weighted by Gasteiger charge is -2.06. The summed E-state index contributed by atoms with van der Waals surface area (Å²) in [4.78, 5) is 28.4. The molecule has 0 saturated heterocycles. The zero-order valence-electron chi connectivity index (χ0n) is 14.0. The Balaban J connectivity index is 1.67. The van der Waals surface area contributed by atoms with Gasteiger partial charge in [-0.15, -0.1) is 0 Å². The van der Waals surface area contributed by atoms with Gasteiger partial charge in [0.05, 0.1) is 17.3 Å². The number of hydrogen-bond acceptors (Lipinski definition) is 5. The average molecular weight is 345 g/mol. The van der Waals surface area contributed by atoms with Crippen LogP contribution in [0.25, 0.3) is 11.7 Å². The van der Waals surface area contributed by atoms with Crippen LogP contribution < -0.4 is 5.56 Å². The molecule has 0 fully saturated rings. The Morgan fingerprint density at radius 2 is 2.04 bits per heavy atom. The Morgan fingerprint density at radius 3 is 2.77 bits per heavy atom. The van der Waals surface area contributed by atoms with Crippen LogP contribution in [0.15, 0.2) is 59.4 Å². The highest BCUT2D eigenvalue weighted by Gasteiger charge is 2.06. The number of aryl methyl sites for hydroxylation is 1. The number of carbonyl (C=O) groups excluding carboxylic acids is 1. The molecule has 1 aromatic carbocycles. The molecule has 0 amide bonds. The molecular formula is C20H15N3O3. The molecule has 0 aliphatic rings. The van der Waals surface area contributed by atoms with Gasteiger partial charge in [0.2, 0.25) is 0 Å². The van der Waals surface area contributed by atoms with E-state index >= 15 is 0 Å². The standard InChI is InChI=1S/C20H15N3O3/c1-14-3-2-4-18-22-17(11-19(24)23(14)18)13-26-20(25)10-9-15-5-7-16(12-21)8-6-15/h2-11H,13H2,1H3/b10-9+. The first-order valence-electron chi connectivity index (χ1n) is 7.90. The van der Waals surface area contributed by atoms with Crippen LogP contribution in [0.1, 0.15) is 22.5 Å². The van der Waals surface area contributed by atoms with Crippen LogP contribution in [0.3, 0.4) is 0 Å². The Kier molecular flexibility index (Phi) is 4.90. The second kappa shape index (κ2) is 7.45. The number of rotatable bonds is 4. The summed E-state index contributed by atoms with van der Waals surface area (Å²) in [6.07, 6.45) is 2.88. The van der Waals surface area contributed by atoms with Crippen LogP contribution in [-0.2, 0) is 16.1 Å². The van der Waals surface area contributed by atoms with Gasteiger partial charge in [-0.05, 0) is 42.8 Å². The summed E-state index contributed by atoms with van der Waals surface area (Å²) < 4.78 is 6.64. The summed E-state index contributed by atoms with van der Waals surface area (Å²) >= 11 is 0. The third-order valence-electron chi connectivity index (χ3n) is 3.75. The fraction of sp³-hybridized carbons (Fsp3) is 0.100. The third kappa shape index (κ3) is 3.84. The molecule has 0 aliphatic carbocycles. The number of nitrogens with zero attached hydrogens (tertiary/aromatic N) is 3. The second-order valence-electron chi connectivity index (χ2n) is 5.62. The molecule has 0 aliphatic heterocycles. The fourth-order valence-electron chi connectivity index (χ4n) is 2.46. The minimum absolute atomic E-state index is 0.0871. The molecule has 0 bridgehead atoms. The van der Waals surface area contributed by atoms with Crippen molar-refractivity contribution in [2.75, 3.05) is 0 Å². The molecule has 2 aromatic heterocycles. The van der Waals surface area contributed by atoms with Gasteiger partial charge in [-0.1, -0.05) is 18.2 Å². The number of pyridine rings is 1. The van der Waals surface area contributed by atoms with Gasteiger partial charge in [0.25, 0.3) is 5.56 Å². The first-order valence-corrected chi connectivity index (χ1v) is 7.90. The number of fused-ring (bicyclic) bond motifs is 1. The van der Waals surface area contributed by atoms with Crippen molar-refractivity contribution in [3.8, 4) is 6.07 Å². The minimum Gasteiger partial charge on any atom is -0.456 e. The predicted octanol–water partition coefficient (Wildman–Crippen LogP) is 2.63. The maximum absolute atomic E-state index is 12.2. The summed E-state index contributed by atoms with van der Waals surface area (Å²) in [5.74, 6) is -0.541. The molecule has 0 saturated carbocycles. The molecule has 3 rings (SSSR count). The number of ether oxygens (including phenoxy) is 1. The van der Waals surface area contributed by atoms with Crippen molar-refractivity contribution in [1.82, 2.24) is 9.38 Å². The van der Waals surface area contributed by atoms with E-state index in [4.69, 9.17) is 10.00 Å². The molecule has 0 N–H and O–H groups in total. The van der Waals surface area contributed by atoms with E-state index < -0.39 is 5.97 Å². The smallest absolute Gasteiger partial charge is 0.331 e. The number of aromatic nitrogens is 2. The van der Waals surface area contributed by atoms with Crippen LogP contribution in [-0.4, -0.2) is 15.4 Å². The van der Waals surface area contributed by atoms with Gasteiger partial charge in [0.1, 0.15) is 12.3 Å². The van der Waals surface area contributed by atoms with E-state index in [0.717, 1.165) is 11.3 Å². The van der Waals surface area contributed by atoms with E-state index in [9.17, 15) is 9.59 Å². The SMILES string of the molecule is Cc1cccc2nc(COC(=O)/C=C/c3ccc(C#N)cc3)cc(=O)n12. The summed E-state index contributed by atoms with van der Waals surface area (Å²) in [7, 11) is 0. The van der Waals surface area contributed by atoms with Crippen molar-refractivity contribution in [3.05, 3.63) is 87.5 Å². The van der Waals surface area contributed by atoms with Crippen LogP contribution in [0.4, 0.5) is 0 Å². The summed E-state index contributed by atoms with van der Waals surface area (Å²) in [5.41, 5.74) is 2.80. The maximum atomic E-state index is 12.2. The lowest BCUT2D eigenvalue weighted by Crippen LogP contribution is -2.18. The molecule has 0 spiro atoms. The van der Waals surface area contributed by atoms with E-state index in [1.807, 2.05) is 25.1 Å². The monoisotopic (exact) mass is 345 g/mol. The highest BCUT2D eigenvalue weighted by Crippen LogP contribution is 2.07. The van der Waals surface area contributed by atoms with E-state index in [-0.39, 0.29) is 12.2 Å². The molecular weight excluding hydrogens is 330 g/mol. The zero-order chi connectivity index (χ0) is 18.5. The molecule has 6 nitrogen and oxygen atoms in total.